The molecule has 0 amide bonds. The van der Waals surface area contributed by atoms with Gasteiger partial charge in [0.05, 0.1) is 6.61 Å². The summed E-state index contributed by atoms with van der Waals surface area (Å²) in [4.78, 5) is 5.43. The largest absolute Gasteiger partial charge is 0.294 e. The van der Waals surface area contributed by atoms with Crippen molar-refractivity contribution in [1.82, 2.24) is 5.06 Å². The topological polar surface area (TPSA) is 12.5 Å². The number of hydroxylamine groups is 2. The molecule has 0 aromatic heterocycles. The van der Waals surface area contributed by atoms with E-state index in [1.165, 1.54) is 0 Å². The molecule has 0 saturated heterocycles. The van der Waals surface area contributed by atoms with E-state index in [4.69, 9.17) is 4.84 Å². The lowest BCUT2D eigenvalue weighted by molar-refractivity contribution is -0.189. The fraction of sp³-hybridized carbons (Fsp3) is 0.778. The van der Waals surface area contributed by atoms with E-state index >= 15 is 0 Å². The summed E-state index contributed by atoms with van der Waals surface area (Å²) in [7, 11) is 1.89. The van der Waals surface area contributed by atoms with Crippen LogP contribution in [0.25, 0.3) is 0 Å². The molecule has 0 spiro atoms. The average Bonchev–Trinajstić information content (AvgIpc) is 2.07. The molecule has 0 aliphatic rings. The third-order valence-electron chi connectivity index (χ3n) is 1.36. The second-order valence-corrected chi connectivity index (χ2v) is 3.13. The third-order valence-corrected chi connectivity index (χ3v) is 1.36. The van der Waals surface area contributed by atoms with E-state index in [0.717, 1.165) is 0 Å². The Morgan fingerprint density at radius 1 is 1.31 bits per heavy atom. The maximum absolute atomic E-state index is 5.43. The minimum Gasteiger partial charge on any atom is -0.294 e. The maximum atomic E-state index is 5.43. The molecule has 0 aromatic rings. The Kier molecular flexibility index (Phi) is 12.7. The monoisotopic (exact) mass is 225 g/mol. The van der Waals surface area contributed by atoms with Gasteiger partial charge in [-0.1, -0.05) is 6.08 Å². The van der Waals surface area contributed by atoms with Crippen LogP contribution in [0.3, 0.4) is 0 Å². The van der Waals surface area contributed by atoms with Gasteiger partial charge in [-0.3, -0.25) is 4.84 Å². The van der Waals surface area contributed by atoms with E-state index in [9.17, 15) is 0 Å². The lowest BCUT2D eigenvalue weighted by atomic mass is 10.3. The Labute approximate surface area is 89.2 Å². The third kappa shape index (κ3) is 8.70. The van der Waals surface area contributed by atoms with Crippen molar-refractivity contribution >= 4 is 19.8 Å². The predicted molar refractivity (Wildman–Crippen MR) is 63.8 cm³/mol. The maximum Gasteiger partial charge on any atom is 0.0864 e. The second-order valence-electron chi connectivity index (χ2n) is 3.13. The lowest BCUT2D eigenvalue weighted by Crippen LogP contribution is -2.36. The molecule has 2 nitrogen and oxygen atoms in total. The van der Waals surface area contributed by atoms with Crippen molar-refractivity contribution < 1.29 is 4.84 Å². The summed E-state index contributed by atoms with van der Waals surface area (Å²) in [6.07, 6.45) is 1.76. The van der Waals surface area contributed by atoms with E-state index in [2.05, 4.69) is 45.5 Å². The van der Waals surface area contributed by atoms with Gasteiger partial charge in [0.2, 0.25) is 0 Å². The van der Waals surface area contributed by atoms with Crippen molar-refractivity contribution in [2.75, 3.05) is 6.61 Å². The number of nitrogens with zero attached hydrogens (tertiary/aromatic N) is 1. The first-order chi connectivity index (χ1) is 6.09. The van der Waals surface area contributed by atoms with Gasteiger partial charge >= 0.3 is 0 Å². The predicted octanol–water partition coefficient (Wildman–Crippen LogP) is 3.24. The van der Waals surface area contributed by atoms with Crippen LogP contribution in [0.4, 0.5) is 0 Å². The Morgan fingerprint density at radius 2 is 1.69 bits per heavy atom. The van der Waals surface area contributed by atoms with Gasteiger partial charge in [0, 0.05) is 12.1 Å². The summed E-state index contributed by atoms with van der Waals surface area (Å²) in [5, 5.41) is 1.97. The highest BCUT2D eigenvalue weighted by atomic mass is 35.7. The van der Waals surface area contributed by atoms with Crippen LogP contribution in [-0.2, 0) is 4.84 Å². The van der Waals surface area contributed by atoms with Crippen molar-refractivity contribution in [2.24, 2.45) is 0 Å². The normalized spacial score (nSPS) is 10.2. The lowest BCUT2D eigenvalue weighted by Gasteiger charge is -2.28. The molecule has 0 rings (SSSR count). The molecule has 4 heteroatoms. The van der Waals surface area contributed by atoms with Crippen LogP contribution in [0, 0.1) is 0 Å². The molecule has 0 aliphatic carbocycles. The molecular formula is C9H21ClNOP. The summed E-state index contributed by atoms with van der Waals surface area (Å²) in [6, 6.07) is 0.852. The van der Waals surface area contributed by atoms with E-state index in [-0.39, 0.29) is 0 Å². The van der Waals surface area contributed by atoms with Crippen molar-refractivity contribution in [1.29, 1.82) is 0 Å². The quantitative estimate of drug-likeness (QED) is 0.405. The molecule has 0 saturated carbocycles. The van der Waals surface area contributed by atoms with Gasteiger partial charge in [-0.2, -0.15) is 5.06 Å². The van der Waals surface area contributed by atoms with E-state index < -0.39 is 0 Å². The van der Waals surface area contributed by atoms with Crippen molar-refractivity contribution in [2.45, 2.75) is 39.8 Å². The summed E-state index contributed by atoms with van der Waals surface area (Å²) >= 11 is 4.56. The van der Waals surface area contributed by atoms with Crippen molar-refractivity contribution in [3.63, 3.8) is 0 Å². The molecule has 13 heavy (non-hydrogen) atoms. The van der Waals surface area contributed by atoms with Crippen molar-refractivity contribution in [3.8, 4) is 0 Å². The Bertz CT molecular complexity index is 112. The standard InChI is InChI=1S/C9H19NO.ClH2P/c1-6-7-11-10(8(2)3)9(4)5;1-2/h6,8-9H,1,7H2,2-5H3;2H2. The molecule has 0 heterocycles. The summed E-state index contributed by atoms with van der Waals surface area (Å²) < 4.78 is 0. The Balaban J connectivity index is 0. The van der Waals surface area contributed by atoms with Gasteiger partial charge in [-0.05, 0) is 36.3 Å². The molecule has 0 fully saturated rings. The van der Waals surface area contributed by atoms with Gasteiger partial charge in [-0.15, -0.1) is 17.8 Å². The molecular weight excluding hydrogens is 205 g/mol. The Hall–Kier alpha value is 0.380. The van der Waals surface area contributed by atoms with Crippen LogP contribution >= 0.6 is 19.8 Å². The van der Waals surface area contributed by atoms with Gasteiger partial charge in [0.1, 0.15) is 0 Å². The molecule has 0 bridgehead atoms. The van der Waals surface area contributed by atoms with Gasteiger partial charge in [-0.25, -0.2) is 0 Å². The molecule has 0 radical (unpaired) electrons. The molecule has 0 N–H and O–H groups in total. The number of halogens is 1. The highest BCUT2D eigenvalue weighted by molar-refractivity contribution is 7.52. The van der Waals surface area contributed by atoms with Crippen LogP contribution in [0.2, 0.25) is 0 Å². The SMILES string of the molecule is C=CCON(C(C)C)C(C)C.PCl. The highest BCUT2D eigenvalue weighted by Crippen LogP contribution is 2.04. The van der Waals surface area contributed by atoms with E-state index in [1.54, 1.807) is 6.08 Å². The molecule has 1 unspecified atom stereocenters. The fourth-order valence-corrected chi connectivity index (χ4v) is 1.03. The first kappa shape index (κ1) is 15.8. The second kappa shape index (κ2) is 10.5. The van der Waals surface area contributed by atoms with Crippen LogP contribution in [0.1, 0.15) is 27.7 Å². The zero-order valence-corrected chi connectivity index (χ0v) is 10.9. The van der Waals surface area contributed by atoms with Crippen LogP contribution in [0.15, 0.2) is 12.7 Å². The first-order valence-electron chi connectivity index (χ1n) is 4.33. The summed E-state index contributed by atoms with van der Waals surface area (Å²) in [5.74, 6) is 0. The smallest absolute Gasteiger partial charge is 0.0864 e. The minimum atomic E-state index is 0.426. The number of rotatable bonds is 5. The van der Waals surface area contributed by atoms with Gasteiger partial charge in [0.25, 0.3) is 0 Å². The number of hydrogen-bond acceptors (Lipinski definition) is 2. The van der Waals surface area contributed by atoms with Crippen LogP contribution in [0.5, 0.6) is 0 Å². The summed E-state index contributed by atoms with van der Waals surface area (Å²) in [6.45, 7) is 12.6. The first-order valence-corrected chi connectivity index (χ1v) is 6.08. The van der Waals surface area contributed by atoms with Gasteiger partial charge in [0.15, 0.2) is 0 Å². The van der Waals surface area contributed by atoms with Crippen LogP contribution < -0.4 is 0 Å². The molecule has 80 valence electrons. The van der Waals surface area contributed by atoms with E-state index in [1.807, 2.05) is 13.7 Å². The molecule has 1 atom stereocenters. The zero-order chi connectivity index (χ0) is 10.9. The number of hydrogen-bond donors (Lipinski definition) is 0. The Morgan fingerprint density at radius 3 is 1.92 bits per heavy atom. The minimum absolute atomic E-state index is 0.426. The zero-order valence-electron chi connectivity index (χ0n) is 8.96. The molecule has 0 aromatic carbocycles. The summed E-state index contributed by atoms with van der Waals surface area (Å²) in [5.41, 5.74) is 0. The van der Waals surface area contributed by atoms with Crippen LogP contribution in [-0.4, -0.2) is 23.8 Å². The average molecular weight is 226 g/mol. The highest BCUT2D eigenvalue weighted by Gasteiger charge is 2.12. The van der Waals surface area contributed by atoms with E-state index in [0.29, 0.717) is 18.7 Å². The molecule has 0 aliphatic heterocycles. The van der Waals surface area contributed by atoms with Gasteiger partial charge < -0.3 is 0 Å². The van der Waals surface area contributed by atoms with Crippen molar-refractivity contribution in [3.05, 3.63) is 12.7 Å². The fourth-order valence-electron chi connectivity index (χ4n) is 1.03.